The van der Waals surface area contributed by atoms with Crippen molar-refractivity contribution < 1.29 is 9.90 Å². The van der Waals surface area contributed by atoms with E-state index in [0.717, 1.165) is 10.6 Å². The molecule has 1 aromatic carbocycles. The van der Waals surface area contributed by atoms with Gasteiger partial charge in [-0.05, 0) is 6.07 Å². The van der Waals surface area contributed by atoms with E-state index in [4.69, 9.17) is 28.3 Å². The van der Waals surface area contributed by atoms with Gasteiger partial charge in [0.2, 0.25) is 5.43 Å². The van der Waals surface area contributed by atoms with E-state index in [-0.39, 0.29) is 10.6 Å². The van der Waals surface area contributed by atoms with Crippen LogP contribution in [-0.4, -0.2) is 21.4 Å². The quantitative estimate of drug-likeness (QED) is 0.878. The molecular weight excluding hydrogens is 309 g/mol. The van der Waals surface area contributed by atoms with Crippen LogP contribution < -0.4 is 5.43 Å². The van der Waals surface area contributed by atoms with Gasteiger partial charge in [-0.25, -0.2) is 4.79 Å². The third-order valence-electron chi connectivity index (χ3n) is 3.02. The van der Waals surface area contributed by atoms with Crippen molar-refractivity contribution in [1.82, 2.24) is 4.57 Å². The van der Waals surface area contributed by atoms with Gasteiger partial charge in [-0.1, -0.05) is 23.2 Å². The van der Waals surface area contributed by atoms with Gasteiger partial charge in [0.15, 0.2) is 0 Å². The van der Waals surface area contributed by atoms with Crippen LogP contribution in [0, 0.1) is 0 Å². The standard InChI is InChI=1S/C12H7Cl2NO3S/c13-7-3-5-9-11(8(7)14)19-2-1-15(9)4-6(10(5)16)12(17)18/h3-4H,1-2H2,(H,17,18). The second-order valence-corrected chi connectivity index (χ2v) is 6.01. The molecule has 98 valence electrons. The van der Waals surface area contributed by atoms with Crippen LogP contribution in [0.25, 0.3) is 10.9 Å². The van der Waals surface area contributed by atoms with Gasteiger partial charge in [-0.2, -0.15) is 0 Å². The van der Waals surface area contributed by atoms with Crippen LogP contribution in [0.1, 0.15) is 10.4 Å². The third-order valence-corrected chi connectivity index (χ3v) is 4.99. The first-order chi connectivity index (χ1) is 9.00. The Morgan fingerprint density at radius 1 is 1.42 bits per heavy atom. The number of rotatable bonds is 1. The highest BCUT2D eigenvalue weighted by Crippen LogP contribution is 2.40. The van der Waals surface area contributed by atoms with Crippen LogP contribution in [0.15, 0.2) is 22.0 Å². The smallest absolute Gasteiger partial charge is 0.341 e. The summed E-state index contributed by atoms with van der Waals surface area (Å²) in [5, 5.41) is 10.1. The SMILES string of the molecule is O=C(O)c1cn2c3c(c(Cl)c(Cl)cc3c1=O)SCC2. The summed E-state index contributed by atoms with van der Waals surface area (Å²) in [7, 11) is 0. The van der Waals surface area contributed by atoms with E-state index in [0.29, 0.717) is 22.5 Å². The van der Waals surface area contributed by atoms with Gasteiger partial charge in [-0.15, -0.1) is 11.8 Å². The van der Waals surface area contributed by atoms with Crippen molar-refractivity contribution >= 4 is 51.8 Å². The molecular formula is C12H7Cl2NO3S. The van der Waals surface area contributed by atoms with Gasteiger partial charge >= 0.3 is 5.97 Å². The Kier molecular flexibility index (Phi) is 3.00. The summed E-state index contributed by atoms with van der Waals surface area (Å²) in [6, 6.07) is 1.44. The summed E-state index contributed by atoms with van der Waals surface area (Å²) in [5.41, 5.74) is -0.106. The minimum atomic E-state index is -1.23. The van der Waals surface area contributed by atoms with Crippen molar-refractivity contribution in [3.05, 3.63) is 38.1 Å². The predicted octanol–water partition coefficient (Wildman–Crippen LogP) is 3.11. The van der Waals surface area contributed by atoms with E-state index >= 15 is 0 Å². The summed E-state index contributed by atoms with van der Waals surface area (Å²) in [6.45, 7) is 0.632. The predicted molar refractivity (Wildman–Crippen MR) is 75.9 cm³/mol. The lowest BCUT2D eigenvalue weighted by molar-refractivity contribution is 0.0695. The van der Waals surface area contributed by atoms with Crippen molar-refractivity contribution in [3.63, 3.8) is 0 Å². The summed E-state index contributed by atoms with van der Waals surface area (Å²) < 4.78 is 1.76. The van der Waals surface area contributed by atoms with Gasteiger partial charge < -0.3 is 9.67 Å². The molecule has 0 spiro atoms. The van der Waals surface area contributed by atoms with Crippen molar-refractivity contribution in [2.45, 2.75) is 11.4 Å². The molecule has 1 aliphatic rings. The molecule has 7 heteroatoms. The number of aromatic nitrogens is 1. The molecule has 0 fully saturated rings. The number of aromatic carboxylic acids is 1. The molecule has 19 heavy (non-hydrogen) atoms. The number of nitrogens with zero attached hydrogens (tertiary/aromatic N) is 1. The van der Waals surface area contributed by atoms with Crippen molar-refractivity contribution in [2.24, 2.45) is 0 Å². The van der Waals surface area contributed by atoms with E-state index in [1.165, 1.54) is 24.0 Å². The molecule has 0 saturated carbocycles. The van der Waals surface area contributed by atoms with Crippen LogP contribution in [0.5, 0.6) is 0 Å². The molecule has 4 nitrogen and oxygen atoms in total. The van der Waals surface area contributed by atoms with Crippen molar-refractivity contribution in [2.75, 3.05) is 5.75 Å². The van der Waals surface area contributed by atoms with E-state index in [1.54, 1.807) is 4.57 Å². The molecule has 1 aromatic heterocycles. The molecule has 2 heterocycles. The molecule has 0 amide bonds. The monoisotopic (exact) mass is 315 g/mol. The first kappa shape index (κ1) is 12.8. The molecule has 1 N–H and O–H groups in total. The normalized spacial score (nSPS) is 13.8. The fraction of sp³-hybridized carbons (Fsp3) is 0.167. The highest BCUT2D eigenvalue weighted by molar-refractivity contribution is 7.99. The van der Waals surface area contributed by atoms with E-state index in [2.05, 4.69) is 0 Å². The number of aryl methyl sites for hydroxylation is 1. The number of carboxylic acids is 1. The zero-order chi connectivity index (χ0) is 13.7. The summed E-state index contributed by atoms with van der Waals surface area (Å²) in [5.74, 6) is -0.481. The van der Waals surface area contributed by atoms with Crippen molar-refractivity contribution in [1.29, 1.82) is 0 Å². The highest BCUT2D eigenvalue weighted by Gasteiger charge is 2.22. The molecule has 2 aromatic rings. The Hall–Kier alpha value is -1.17. The minimum Gasteiger partial charge on any atom is -0.477 e. The molecule has 0 aliphatic carbocycles. The minimum absolute atomic E-state index is 0.247. The lowest BCUT2D eigenvalue weighted by Crippen LogP contribution is -2.21. The fourth-order valence-corrected chi connectivity index (χ4v) is 3.84. The van der Waals surface area contributed by atoms with Gasteiger partial charge in [0.1, 0.15) is 5.56 Å². The van der Waals surface area contributed by atoms with Crippen LogP contribution in [0.2, 0.25) is 10.0 Å². The van der Waals surface area contributed by atoms with E-state index in [1.807, 2.05) is 0 Å². The van der Waals surface area contributed by atoms with Crippen molar-refractivity contribution in [3.8, 4) is 0 Å². The Morgan fingerprint density at radius 2 is 2.16 bits per heavy atom. The van der Waals surface area contributed by atoms with Crippen LogP contribution in [0.4, 0.5) is 0 Å². The Morgan fingerprint density at radius 3 is 2.84 bits per heavy atom. The number of pyridine rings is 1. The number of hydrogen-bond donors (Lipinski definition) is 1. The second kappa shape index (κ2) is 4.44. The maximum absolute atomic E-state index is 12.2. The van der Waals surface area contributed by atoms with E-state index in [9.17, 15) is 9.59 Å². The second-order valence-electron chi connectivity index (χ2n) is 4.12. The Bertz CT molecular complexity index is 785. The van der Waals surface area contributed by atoms with Crippen LogP contribution >= 0.6 is 35.0 Å². The number of hydrogen-bond acceptors (Lipinski definition) is 3. The summed E-state index contributed by atoms with van der Waals surface area (Å²) in [6.07, 6.45) is 1.38. The van der Waals surface area contributed by atoms with Gasteiger partial charge in [0.25, 0.3) is 0 Å². The summed E-state index contributed by atoms with van der Waals surface area (Å²) >= 11 is 13.7. The molecule has 0 radical (unpaired) electrons. The first-order valence-electron chi connectivity index (χ1n) is 5.42. The lowest BCUT2D eigenvalue weighted by Gasteiger charge is -2.21. The fourth-order valence-electron chi connectivity index (χ4n) is 2.18. The third kappa shape index (κ3) is 1.84. The average Bonchev–Trinajstić information content (AvgIpc) is 2.38. The number of carboxylic acid groups (broad SMARTS) is 1. The Balaban J connectivity index is 2.55. The largest absolute Gasteiger partial charge is 0.477 e. The average molecular weight is 316 g/mol. The number of carbonyl (C=O) groups is 1. The molecule has 0 atom stereocenters. The number of benzene rings is 1. The van der Waals surface area contributed by atoms with Gasteiger partial charge in [-0.3, -0.25) is 4.79 Å². The molecule has 0 unspecified atom stereocenters. The zero-order valence-corrected chi connectivity index (χ0v) is 11.8. The van der Waals surface area contributed by atoms with Crippen LogP contribution in [-0.2, 0) is 6.54 Å². The molecule has 1 aliphatic heterocycles. The topological polar surface area (TPSA) is 59.3 Å². The number of thioether (sulfide) groups is 1. The van der Waals surface area contributed by atoms with E-state index < -0.39 is 11.4 Å². The van der Waals surface area contributed by atoms with Gasteiger partial charge in [0, 0.05) is 23.9 Å². The molecule has 0 bridgehead atoms. The summed E-state index contributed by atoms with van der Waals surface area (Å²) in [4.78, 5) is 24.0. The van der Waals surface area contributed by atoms with Gasteiger partial charge in [0.05, 0.1) is 20.5 Å². The highest BCUT2D eigenvalue weighted by atomic mass is 35.5. The molecule has 3 rings (SSSR count). The number of halogens is 2. The van der Waals surface area contributed by atoms with Crippen LogP contribution in [0.3, 0.4) is 0 Å². The Labute approximate surface area is 121 Å². The zero-order valence-electron chi connectivity index (χ0n) is 9.44. The lowest BCUT2D eigenvalue weighted by atomic mass is 10.1. The molecule has 0 saturated heterocycles. The maximum atomic E-state index is 12.2. The first-order valence-corrected chi connectivity index (χ1v) is 7.16. The maximum Gasteiger partial charge on any atom is 0.341 e.